The van der Waals surface area contributed by atoms with E-state index in [1.54, 1.807) is 14.0 Å². The number of alkyl halides is 3. The first kappa shape index (κ1) is 23.6. The summed E-state index contributed by atoms with van der Waals surface area (Å²) in [5.74, 6) is -3.61. The van der Waals surface area contributed by atoms with Crippen LogP contribution in [0, 0.1) is 19.7 Å². The summed E-state index contributed by atoms with van der Waals surface area (Å²) in [6, 6.07) is 7.13. The predicted octanol–water partition coefficient (Wildman–Crippen LogP) is 4.27. The number of nitrogens with one attached hydrogen (secondary N) is 2. The summed E-state index contributed by atoms with van der Waals surface area (Å²) in [5.41, 5.74) is -1.42. The van der Waals surface area contributed by atoms with Crippen molar-refractivity contribution >= 4 is 29.0 Å². The Morgan fingerprint density at radius 1 is 0.970 bits per heavy atom. The van der Waals surface area contributed by atoms with Crippen molar-refractivity contribution in [1.82, 2.24) is 9.78 Å². The first-order chi connectivity index (χ1) is 15.4. The number of Topliss-reactive ketones (excluding diaryl/α,β-unsaturated/α-hetero) is 1. The minimum atomic E-state index is -4.90. The first-order valence-electron chi connectivity index (χ1n) is 9.52. The lowest BCUT2D eigenvalue weighted by atomic mass is 10.1. The van der Waals surface area contributed by atoms with Gasteiger partial charge in [-0.05, 0) is 56.3 Å². The van der Waals surface area contributed by atoms with Crippen molar-refractivity contribution in [2.45, 2.75) is 20.0 Å². The van der Waals surface area contributed by atoms with Crippen molar-refractivity contribution in [3.8, 4) is 0 Å². The van der Waals surface area contributed by atoms with E-state index in [0.29, 0.717) is 11.8 Å². The van der Waals surface area contributed by atoms with E-state index in [4.69, 9.17) is 0 Å². The molecule has 1 aromatic heterocycles. The van der Waals surface area contributed by atoms with Gasteiger partial charge in [-0.2, -0.15) is 18.3 Å². The van der Waals surface area contributed by atoms with Crippen molar-refractivity contribution in [3.05, 3.63) is 76.4 Å². The molecule has 3 rings (SSSR count). The molecule has 0 aliphatic carbocycles. The normalized spacial score (nSPS) is 11.2. The summed E-state index contributed by atoms with van der Waals surface area (Å²) in [7, 11) is 1.57. The maximum absolute atomic E-state index is 13.6. The number of hydrogen-bond donors (Lipinski definition) is 2. The molecule has 0 aliphatic rings. The van der Waals surface area contributed by atoms with E-state index in [0.717, 1.165) is 24.3 Å². The van der Waals surface area contributed by atoms with E-state index in [1.807, 2.05) is 5.32 Å². The number of anilines is 2. The highest BCUT2D eigenvalue weighted by atomic mass is 19.4. The van der Waals surface area contributed by atoms with Crippen molar-refractivity contribution < 1.29 is 31.9 Å². The van der Waals surface area contributed by atoms with E-state index in [9.17, 15) is 31.9 Å². The molecule has 3 aromatic rings. The molecule has 0 unspecified atom stereocenters. The van der Waals surface area contributed by atoms with Gasteiger partial charge in [-0.25, -0.2) is 4.39 Å². The highest BCUT2D eigenvalue weighted by molar-refractivity contribution is 6.47. The van der Waals surface area contributed by atoms with Crippen LogP contribution >= 0.6 is 0 Å². The van der Waals surface area contributed by atoms with Crippen LogP contribution in [0.15, 0.2) is 42.5 Å². The van der Waals surface area contributed by atoms with Crippen molar-refractivity contribution in [3.63, 3.8) is 0 Å². The monoisotopic (exact) mass is 462 g/mol. The highest BCUT2D eigenvalue weighted by Gasteiger charge is 2.35. The molecule has 0 spiro atoms. The fraction of sp³-hybridized carbons (Fsp3) is 0.182. The average molecular weight is 462 g/mol. The highest BCUT2D eigenvalue weighted by Crippen LogP contribution is 2.37. The number of rotatable bonds is 5. The Morgan fingerprint density at radius 3 is 2.15 bits per heavy atom. The molecule has 33 heavy (non-hydrogen) atoms. The zero-order chi connectivity index (χ0) is 24.5. The SMILES string of the molecule is Cc1nn(C)c(C)c1C(=O)C(=O)Nc1ccc(NC(=O)c2ccc(F)cc2)cc1C(F)(F)F. The molecule has 0 saturated heterocycles. The Kier molecular flexibility index (Phi) is 6.34. The van der Waals surface area contributed by atoms with Gasteiger partial charge in [0.2, 0.25) is 0 Å². The molecule has 0 saturated carbocycles. The maximum atomic E-state index is 13.6. The van der Waals surface area contributed by atoms with E-state index < -0.39 is 40.8 Å². The smallest absolute Gasteiger partial charge is 0.322 e. The summed E-state index contributed by atoms with van der Waals surface area (Å²) in [6.07, 6.45) is -4.90. The van der Waals surface area contributed by atoms with Crippen LogP contribution in [0.1, 0.15) is 37.7 Å². The van der Waals surface area contributed by atoms with Crippen molar-refractivity contribution in [2.24, 2.45) is 7.05 Å². The molecule has 1 heterocycles. The number of nitrogens with zero attached hydrogens (tertiary/aromatic N) is 2. The molecule has 2 aromatic carbocycles. The summed E-state index contributed by atoms with van der Waals surface area (Å²) in [6.45, 7) is 3.06. The van der Waals surface area contributed by atoms with Gasteiger partial charge in [0.05, 0.1) is 22.5 Å². The molecular formula is C22H18F4N4O3. The number of carbonyl (C=O) groups excluding carboxylic acids is 3. The minimum Gasteiger partial charge on any atom is -0.322 e. The Balaban J connectivity index is 1.86. The van der Waals surface area contributed by atoms with Gasteiger partial charge in [-0.3, -0.25) is 19.1 Å². The molecule has 7 nitrogen and oxygen atoms in total. The quantitative estimate of drug-likeness (QED) is 0.337. The molecule has 0 radical (unpaired) electrons. The van der Waals surface area contributed by atoms with E-state index in [1.165, 1.54) is 23.7 Å². The molecule has 2 amide bonds. The maximum Gasteiger partial charge on any atom is 0.418 e. The number of carbonyl (C=O) groups is 3. The number of ketones is 1. The molecule has 0 fully saturated rings. The van der Waals surface area contributed by atoms with Crippen LogP contribution in [0.4, 0.5) is 28.9 Å². The first-order valence-corrected chi connectivity index (χ1v) is 9.52. The lowest BCUT2D eigenvalue weighted by Crippen LogP contribution is -2.25. The van der Waals surface area contributed by atoms with E-state index >= 15 is 0 Å². The number of hydrogen-bond acceptors (Lipinski definition) is 4. The molecule has 2 N–H and O–H groups in total. The molecule has 172 valence electrons. The summed E-state index contributed by atoms with van der Waals surface area (Å²) in [5, 5.41) is 8.30. The van der Waals surface area contributed by atoms with Crippen molar-refractivity contribution in [1.29, 1.82) is 0 Å². The van der Waals surface area contributed by atoms with Crippen molar-refractivity contribution in [2.75, 3.05) is 10.6 Å². The average Bonchev–Trinajstić information content (AvgIpc) is 2.99. The minimum absolute atomic E-state index is 0.00624. The second-order valence-corrected chi connectivity index (χ2v) is 7.17. The third kappa shape index (κ3) is 5.08. The molecule has 0 bridgehead atoms. The number of amides is 2. The Hall–Kier alpha value is -4.02. The Bertz CT molecular complexity index is 1250. The zero-order valence-corrected chi connectivity index (χ0v) is 17.7. The van der Waals surface area contributed by atoms with Crippen LogP contribution in [-0.2, 0) is 18.0 Å². The topological polar surface area (TPSA) is 93.1 Å². The summed E-state index contributed by atoms with van der Waals surface area (Å²) < 4.78 is 55.3. The molecule has 0 atom stereocenters. The summed E-state index contributed by atoms with van der Waals surface area (Å²) >= 11 is 0. The van der Waals surface area contributed by atoms with Gasteiger partial charge in [0.25, 0.3) is 17.6 Å². The summed E-state index contributed by atoms with van der Waals surface area (Å²) in [4.78, 5) is 37.2. The number of aromatic nitrogens is 2. The number of aryl methyl sites for hydroxylation is 2. The lowest BCUT2D eigenvalue weighted by molar-refractivity contribution is -0.136. The molecule has 0 aliphatic heterocycles. The van der Waals surface area contributed by atoms with E-state index in [2.05, 4.69) is 10.4 Å². The third-order valence-corrected chi connectivity index (χ3v) is 4.88. The van der Waals surface area contributed by atoms with Crippen LogP contribution in [0.2, 0.25) is 0 Å². The zero-order valence-electron chi connectivity index (χ0n) is 17.7. The lowest BCUT2D eigenvalue weighted by Gasteiger charge is -2.16. The van der Waals surface area contributed by atoms with Gasteiger partial charge in [0.15, 0.2) is 0 Å². The predicted molar refractivity (Wildman–Crippen MR) is 111 cm³/mol. The van der Waals surface area contributed by atoms with Crippen LogP contribution in [0.25, 0.3) is 0 Å². The van der Waals surface area contributed by atoms with Gasteiger partial charge in [0.1, 0.15) is 5.82 Å². The fourth-order valence-electron chi connectivity index (χ4n) is 3.16. The molecule has 11 heteroatoms. The van der Waals surface area contributed by atoms with Crippen LogP contribution in [-0.4, -0.2) is 27.4 Å². The standard InChI is InChI=1S/C22H18F4N4O3/c1-11-18(12(2)30(3)29-11)19(31)21(33)28-17-9-8-15(10-16(17)22(24,25)26)27-20(32)13-4-6-14(23)7-5-13/h4-10H,1-3H3,(H,27,32)(H,28,33). The Morgan fingerprint density at radius 2 is 1.61 bits per heavy atom. The van der Waals surface area contributed by atoms with Crippen LogP contribution in [0.3, 0.4) is 0 Å². The van der Waals surface area contributed by atoms with Gasteiger partial charge in [-0.1, -0.05) is 0 Å². The number of halogens is 4. The van der Waals surface area contributed by atoms with Gasteiger partial charge in [0, 0.05) is 24.0 Å². The Labute approximate surface area is 185 Å². The fourth-order valence-corrected chi connectivity index (χ4v) is 3.16. The number of benzene rings is 2. The molecular weight excluding hydrogens is 444 g/mol. The van der Waals surface area contributed by atoms with E-state index in [-0.39, 0.29) is 22.5 Å². The largest absolute Gasteiger partial charge is 0.418 e. The van der Waals surface area contributed by atoms with Gasteiger partial charge in [-0.15, -0.1) is 0 Å². The van der Waals surface area contributed by atoms with Crippen LogP contribution in [0.5, 0.6) is 0 Å². The second-order valence-electron chi connectivity index (χ2n) is 7.17. The second kappa shape index (κ2) is 8.85. The third-order valence-electron chi connectivity index (χ3n) is 4.88. The van der Waals surface area contributed by atoms with Crippen LogP contribution < -0.4 is 10.6 Å². The van der Waals surface area contributed by atoms with Gasteiger partial charge < -0.3 is 10.6 Å². The van der Waals surface area contributed by atoms with Gasteiger partial charge >= 0.3 is 6.18 Å².